The van der Waals surface area contributed by atoms with E-state index in [4.69, 9.17) is 5.11 Å². The number of carbonyl (C=O) groups excluding carboxylic acids is 4. The highest BCUT2D eigenvalue weighted by atomic mass is 16.3. The van der Waals surface area contributed by atoms with E-state index in [1.807, 2.05) is 30.3 Å². The number of benzene rings is 2. The van der Waals surface area contributed by atoms with Crippen molar-refractivity contribution in [3.05, 3.63) is 65.7 Å². The smallest absolute Gasteiger partial charge is 0.243 e. The number of aliphatic hydroxyl groups is 1. The number of nitrogens with one attached hydrogen (secondary N) is 4. The molecule has 0 aliphatic carbocycles. The van der Waals surface area contributed by atoms with Crippen LogP contribution in [0.25, 0.3) is 0 Å². The van der Waals surface area contributed by atoms with Gasteiger partial charge in [-0.3, -0.25) is 19.2 Å². The second kappa shape index (κ2) is 14.3. The molecule has 0 heterocycles. The molecule has 34 heavy (non-hydrogen) atoms. The van der Waals surface area contributed by atoms with Gasteiger partial charge in [0.15, 0.2) is 0 Å². The van der Waals surface area contributed by atoms with Crippen molar-refractivity contribution in [3.63, 3.8) is 0 Å². The van der Waals surface area contributed by atoms with E-state index in [9.17, 15) is 24.3 Å². The molecule has 182 valence electrons. The molecule has 0 unspecified atom stereocenters. The zero-order valence-electron chi connectivity index (χ0n) is 18.8. The normalized spacial score (nSPS) is 11.2. The van der Waals surface area contributed by atoms with E-state index in [0.29, 0.717) is 6.42 Å². The molecule has 0 aliphatic rings. The number of phenolic OH excluding ortho intramolecular Hbond substituents is 1. The van der Waals surface area contributed by atoms with Crippen LogP contribution in [0.3, 0.4) is 0 Å². The number of aliphatic hydroxyl groups excluding tert-OH is 1. The lowest BCUT2D eigenvalue weighted by atomic mass is 10.1. The third-order valence-corrected chi connectivity index (χ3v) is 4.81. The number of aromatic hydroxyl groups is 1. The summed E-state index contributed by atoms with van der Waals surface area (Å²) in [4.78, 5) is 48.8. The summed E-state index contributed by atoms with van der Waals surface area (Å²) in [5.41, 5.74) is 1.69. The molecule has 2 rings (SSSR count). The molecule has 0 saturated heterocycles. The summed E-state index contributed by atoms with van der Waals surface area (Å²) >= 11 is 0. The highest BCUT2D eigenvalue weighted by Crippen LogP contribution is 2.11. The standard InChI is InChI=1S/C24H30N4O6/c29-13-12-25-22(32)15-27-24(34)20(14-18-4-2-1-3-5-18)28-23(33)16-26-21(31)11-8-17-6-9-19(30)10-7-17/h1-7,9-10,20,29-30H,8,11-16H2,(H,25,32)(H,26,31)(H,27,34)(H,28,33)/t20-/m0/s1. The highest BCUT2D eigenvalue weighted by molar-refractivity contribution is 5.92. The third kappa shape index (κ3) is 10.1. The van der Waals surface area contributed by atoms with Crippen molar-refractivity contribution in [1.82, 2.24) is 21.3 Å². The summed E-state index contributed by atoms with van der Waals surface area (Å²) in [6.45, 7) is -0.740. The van der Waals surface area contributed by atoms with Crippen LogP contribution in [0.1, 0.15) is 17.5 Å². The highest BCUT2D eigenvalue weighted by Gasteiger charge is 2.22. The Bertz CT molecular complexity index is 950. The first-order valence-corrected chi connectivity index (χ1v) is 10.9. The minimum absolute atomic E-state index is 0.0747. The zero-order chi connectivity index (χ0) is 24.8. The quantitative estimate of drug-likeness (QED) is 0.229. The predicted molar refractivity (Wildman–Crippen MR) is 125 cm³/mol. The van der Waals surface area contributed by atoms with Crippen LogP contribution in [0.2, 0.25) is 0 Å². The molecule has 0 aromatic heterocycles. The van der Waals surface area contributed by atoms with E-state index in [2.05, 4.69) is 21.3 Å². The average Bonchev–Trinajstić information content (AvgIpc) is 2.84. The zero-order valence-corrected chi connectivity index (χ0v) is 18.8. The molecule has 4 amide bonds. The van der Waals surface area contributed by atoms with Crippen molar-refractivity contribution >= 4 is 23.6 Å². The summed E-state index contributed by atoms with van der Waals surface area (Å²) in [5.74, 6) is -1.74. The Hall–Kier alpha value is -3.92. The van der Waals surface area contributed by atoms with Gasteiger partial charge in [-0.15, -0.1) is 0 Å². The van der Waals surface area contributed by atoms with Gasteiger partial charge in [0.2, 0.25) is 23.6 Å². The molecule has 6 N–H and O–H groups in total. The van der Waals surface area contributed by atoms with Crippen LogP contribution in [-0.4, -0.2) is 66.1 Å². The fraction of sp³-hybridized carbons (Fsp3) is 0.333. The van der Waals surface area contributed by atoms with Crippen molar-refractivity contribution in [2.24, 2.45) is 0 Å². The molecule has 10 heteroatoms. The van der Waals surface area contributed by atoms with Crippen molar-refractivity contribution < 1.29 is 29.4 Å². The molecular weight excluding hydrogens is 440 g/mol. The van der Waals surface area contributed by atoms with Crippen LogP contribution in [0.5, 0.6) is 5.75 Å². The summed E-state index contributed by atoms with van der Waals surface area (Å²) < 4.78 is 0. The van der Waals surface area contributed by atoms with Crippen LogP contribution in [0.15, 0.2) is 54.6 Å². The van der Waals surface area contributed by atoms with Gasteiger partial charge < -0.3 is 31.5 Å². The van der Waals surface area contributed by atoms with Gasteiger partial charge in [-0.1, -0.05) is 42.5 Å². The molecule has 0 bridgehead atoms. The minimum atomic E-state index is -0.950. The Morgan fingerprint density at radius 1 is 0.765 bits per heavy atom. The first kappa shape index (κ1) is 26.3. The van der Waals surface area contributed by atoms with Crippen molar-refractivity contribution in [3.8, 4) is 5.75 Å². The molecule has 0 spiro atoms. The van der Waals surface area contributed by atoms with Gasteiger partial charge in [-0.25, -0.2) is 0 Å². The summed E-state index contributed by atoms with van der Waals surface area (Å²) in [6.07, 6.45) is 0.811. The maximum absolute atomic E-state index is 12.6. The Labute approximate surface area is 197 Å². The summed E-state index contributed by atoms with van der Waals surface area (Å²) in [5, 5.41) is 28.1. The molecule has 0 aliphatic heterocycles. The molecule has 0 saturated carbocycles. The fourth-order valence-corrected chi connectivity index (χ4v) is 3.04. The van der Waals surface area contributed by atoms with Gasteiger partial charge in [-0.2, -0.15) is 0 Å². The molecule has 2 aromatic carbocycles. The summed E-state index contributed by atoms with van der Waals surface area (Å²) in [6, 6.07) is 14.6. The average molecular weight is 471 g/mol. The number of amides is 4. The molecule has 0 radical (unpaired) electrons. The topological polar surface area (TPSA) is 157 Å². The van der Waals surface area contributed by atoms with Crippen LogP contribution in [-0.2, 0) is 32.0 Å². The fourth-order valence-electron chi connectivity index (χ4n) is 3.04. The molecule has 2 aromatic rings. The van der Waals surface area contributed by atoms with Crippen LogP contribution < -0.4 is 21.3 Å². The van der Waals surface area contributed by atoms with E-state index in [0.717, 1.165) is 11.1 Å². The van der Waals surface area contributed by atoms with Gasteiger partial charge >= 0.3 is 0 Å². The van der Waals surface area contributed by atoms with E-state index in [1.165, 1.54) is 12.1 Å². The van der Waals surface area contributed by atoms with Crippen molar-refractivity contribution in [2.75, 3.05) is 26.2 Å². The second-order valence-electron chi connectivity index (χ2n) is 7.54. The number of aryl methyl sites for hydroxylation is 1. The lowest BCUT2D eigenvalue weighted by molar-refractivity contribution is -0.130. The Kier molecular flexibility index (Phi) is 11.1. The predicted octanol–water partition coefficient (Wildman–Crippen LogP) is -0.607. The van der Waals surface area contributed by atoms with Crippen LogP contribution >= 0.6 is 0 Å². The van der Waals surface area contributed by atoms with Gasteiger partial charge in [-0.05, 0) is 29.7 Å². The summed E-state index contributed by atoms with van der Waals surface area (Å²) in [7, 11) is 0. The molecular formula is C24H30N4O6. The van der Waals surface area contributed by atoms with Gasteiger partial charge in [0.05, 0.1) is 19.7 Å². The monoisotopic (exact) mass is 470 g/mol. The molecule has 10 nitrogen and oxygen atoms in total. The Balaban J connectivity index is 1.85. The first-order chi connectivity index (χ1) is 16.4. The lowest BCUT2D eigenvalue weighted by Crippen LogP contribution is -2.52. The minimum Gasteiger partial charge on any atom is -0.508 e. The second-order valence-corrected chi connectivity index (χ2v) is 7.54. The lowest BCUT2D eigenvalue weighted by Gasteiger charge is -2.19. The van der Waals surface area contributed by atoms with Crippen molar-refractivity contribution in [2.45, 2.75) is 25.3 Å². The largest absolute Gasteiger partial charge is 0.508 e. The van der Waals surface area contributed by atoms with Crippen LogP contribution in [0.4, 0.5) is 0 Å². The van der Waals surface area contributed by atoms with Crippen molar-refractivity contribution in [1.29, 1.82) is 0 Å². The number of hydrogen-bond donors (Lipinski definition) is 6. The molecule has 0 fully saturated rings. The van der Waals surface area contributed by atoms with E-state index in [-0.39, 0.29) is 50.7 Å². The number of phenols is 1. The van der Waals surface area contributed by atoms with E-state index >= 15 is 0 Å². The maximum atomic E-state index is 12.6. The van der Waals surface area contributed by atoms with Gasteiger partial charge in [0.1, 0.15) is 11.8 Å². The number of hydrogen-bond acceptors (Lipinski definition) is 6. The van der Waals surface area contributed by atoms with Crippen LogP contribution in [0, 0.1) is 0 Å². The maximum Gasteiger partial charge on any atom is 0.243 e. The number of rotatable bonds is 13. The SMILES string of the molecule is O=C(CCc1ccc(O)cc1)NCC(=O)N[C@@H](Cc1ccccc1)C(=O)NCC(=O)NCCO. The van der Waals surface area contributed by atoms with Gasteiger partial charge in [0.25, 0.3) is 0 Å². The first-order valence-electron chi connectivity index (χ1n) is 10.9. The Morgan fingerprint density at radius 3 is 2.12 bits per heavy atom. The van der Waals surface area contributed by atoms with Gasteiger partial charge in [0, 0.05) is 19.4 Å². The third-order valence-electron chi connectivity index (χ3n) is 4.81. The number of carbonyl (C=O) groups is 4. The van der Waals surface area contributed by atoms with E-state index in [1.54, 1.807) is 12.1 Å². The van der Waals surface area contributed by atoms with E-state index < -0.39 is 23.8 Å². The molecule has 1 atom stereocenters. The Morgan fingerprint density at radius 2 is 1.44 bits per heavy atom.